The zero-order chi connectivity index (χ0) is 17.0. The maximum atomic E-state index is 14.0. The van der Waals surface area contributed by atoms with Gasteiger partial charge in [0.05, 0.1) is 17.5 Å². The molecule has 2 atom stereocenters. The second-order valence-electron chi connectivity index (χ2n) is 5.84. The van der Waals surface area contributed by atoms with E-state index in [2.05, 4.69) is 0 Å². The Kier molecular flexibility index (Phi) is 6.04. The Morgan fingerprint density at radius 2 is 2.09 bits per heavy atom. The molecule has 126 valence electrons. The third-order valence-corrected chi connectivity index (χ3v) is 5.29. The van der Waals surface area contributed by atoms with Crippen LogP contribution in [-0.4, -0.2) is 40.6 Å². The van der Waals surface area contributed by atoms with E-state index in [-0.39, 0.29) is 16.9 Å². The van der Waals surface area contributed by atoms with Crippen LogP contribution in [0.15, 0.2) is 24.3 Å². The van der Waals surface area contributed by atoms with E-state index in [1.807, 2.05) is 20.8 Å². The highest BCUT2D eigenvalue weighted by Gasteiger charge is 2.44. The minimum Gasteiger partial charge on any atom is -0.464 e. The van der Waals surface area contributed by atoms with Crippen LogP contribution in [0.25, 0.3) is 0 Å². The first-order chi connectivity index (χ1) is 11.0. The van der Waals surface area contributed by atoms with E-state index in [1.165, 1.54) is 34.9 Å². The Balaban J connectivity index is 2.29. The van der Waals surface area contributed by atoms with E-state index in [9.17, 15) is 14.0 Å². The Bertz CT molecular complexity index is 579. The number of rotatable bonds is 5. The molecule has 6 heteroatoms. The van der Waals surface area contributed by atoms with Gasteiger partial charge >= 0.3 is 5.97 Å². The number of halogens is 1. The molecule has 4 nitrogen and oxygen atoms in total. The summed E-state index contributed by atoms with van der Waals surface area (Å²) < 4.78 is 19.2. The summed E-state index contributed by atoms with van der Waals surface area (Å²) in [4.78, 5) is 26.6. The fraction of sp³-hybridized carbons (Fsp3) is 0.529. The van der Waals surface area contributed by atoms with Crippen LogP contribution in [0.1, 0.15) is 37.6 Å². The molecule has 23 heavy (non-hydrogen) atoms. The molecule has 0 unspecified atom stereocenters. The zero-order valence-corrected chi connectivity index (χ0v) is 14.4. The summed E-state index contributed by atoms with van der Waals surface area (Å²) in [6.07, 6.45) is 0.723. The molecule has 2 rings (SSSR count). The van der Waals surface area contributed by atoms with Crippen molar-refractivity contribution in [2.45, 2.75) is 38.6 Å². The Labute approximate surface area is 140 Å². The lowest BCUT2D eigenvalue weighted by molar-refractivity contribution is -0.148. The minimum atomic E-state index is -0.661. The lowest BCUT2D eigenvalue weighted by atomic mass is 10.1. The van der Waals surface area contributed by atoms with Crippen molar-refractivity contribution >= 4 is 23.6 Å². The van der Waals surface area contributed by atoms with E-state index in [1.54, 1.807) is 6.07 Å². The summed E-state index contributed by atoms with van der Waals surface area (Å²) in [5, 5.41) is -0.165. The van der Waals surface area contributed by atoms with E-state index in [4.69, 9.17) is 4.74 Å². The summed E-state index contributed by atoms with van der Waals surface area (Å²) in [7, 11) is 0. The highest BCUT2D eigenvalue weighted by atomic mass is 32.2. The van der Waals surface area contributed by atoms with E-state index >= 15 is 0 Å². The standard InChI is InChI=1S/C17H22FNO3S/c1-4-9-22-17(21)14-10-23-16(11(2)3)19(14)15(20)12-7-5-6-8-13(12)18/h5-8,11,14,16H,4,9-10H2,1-3H3/t14-,16-/m0/s1. The van der Waals surface area contributed by atoms with Crippen LogP contribution in [0.3, 0.4) is 0 Å². The van der Waals surface area contributed by atoms with Crippen molar-refractivity contribution in [2.75, 3.05) is 12.4 Å². The van der Waals surface area contributed by atoms with Gasteiger partial charge in [0.25, 0.3) is 5.91 Å². The average Bonchev–Trinajstić information content (AvgIpc) is 2.97. The summed E-state index contributed by atoms with van der Waals surface area (Å²) >= 11 is 1.54. The predicted octanol–water partition coefficient (Wildman–Crippen LogP) is 3.32. The Hall–Kier alpha value is -1.56. The lowest BCUT2D eigenvalue weighted by Gasteiger charge is -2.30. The second kappa shape index (κ2) is 7.81. The van der Waals surface area contributed by atoms with Gasteiger partial charge in [-0.15, -0.1) is 11.8 Å². The molecule has 1 saturated heterocycles. The van der Waals surface area contributed by atoms with Crippen LogP contribution in [0.2, 0.25) is 0 Å². The van der Waals surface area contributed by atoms with Gasteiger partial charge in [-0.25, -0.2) is 9.18 Å². The van der Waals surface area contributed by atoms with Gasteiger partial charge in [0.2, 0.25) is 0 Å². The van der Waals surface area contributed by atoms with Gasteiger partial charge in [-0.05, 0) is 24.5 Å². The van der Waals surface area contributed by atoms with Crippen molar-refractivity contribution in [1.82, 2.24) is 4.90 Å². The monoisotopic (exact) mass is 339 g/mol. The SMILES string of the molecule is CCCOC(=O)[C@@H]1CS[C@@H](C(C)C)N1C(=O)c1ccccc1F. The summed E-state index contributed by atoms with van der Waals surface area (Å²) in [6, 6.07) is 5.20. The number of nitrogens with zero attached hydrogens (tertiary/aromatic N) is 1. The van der Waals surface area contributed by atoms with Crippen molar-refractivity contribution in [2.24, 2.45) is 5.92 Å². The van der Waals surface area contributed by atoms with Crippen LogP contribution < -0.4 is 0 Å². The smallest absolute Gasteiger partial charge is 0.329 e. The molecular weight excluding hydrogens is 317 g/mol. The van der Waals surface area contributed by atoms with Crippen molar-refractivity contribution in [3.05, 3.63) is 35.6 Å². The second-order valence-corrected chi connectivity index (χ2v) is 6.99. The predicted molar refractivity (Wildman–Crippen MR) is 88.7 cm³/mol. The van der Waals surface area contributed by atoms with Gasteiger partial charge in [-0.1, -0.05) is 32.9 Å². The van der Waals surface area contributed by atoms with Crippen molar-refractivity contribution < 1.29 is 18.7 Å². The molecule has 0 spiro atoms. The van der Waals surface area contributed by atoms with E-state index < -0.39 is 23.7 Å². The molecule has 0 saturated carbocycles. The summed E-state index contributed by atoms with van der Waals surface area (Å²) in [5.41, 5.74) is -0.00561. The number of hydrogen-bond donors (Lipinski definition) is 0. The van der Waals surface area contributed by atoms with Crippen LogP contribution in [0, 0.1) is 11.7 Å². The molecule has 1 aromatic rings. The van der Waals surface area contributed by atoms with Crippen LogP contribution >= 0.6 is 11.8 Å². The normalized spacial score (nSPS) is 20.8. The number of benzene rings is 1. The number of amides is 1. The molecule has 0 N–H and O–H groups in total. The summed E-state index contributed by atoms with van der Waals surface area (Å²) in [6.45, 7) is 6.21. The molecule has 0 aromatic heterocycles. The van der Waals surface area contributed by atoms with E-state index in [0.29, 0.717) is 12.4 Å². The van der Waals surface area contributed by atoms with Gasteiger partial charge < -0.3 is 9.64 Å². The number of hydrogen-bond acceptors (Lipinski definition) is 4. The fourth-order valence-electron chi connectivity index (χ4n) is 2.55. The van der Waals surface area contributed by atoms with Crippen LogP contribution in [0.4, 0.5) is 4.39 Å². The molecule has 1 aromatic carbocycles. The molecule has 1 aliphatic rings. The number of thioether (sulfide) groups is 1. The topological polar surface area (TPSA) is 46.6 Å². The van der Waals surface area contributed by atoms with Crippen molar-refractivity contribution in [1.29, 1.82) is 0 Å². The van der Waals surface area contributed by atoms with Gasteiger partial charge in [-0.2, -0.15) is 0 Å². The third kappa shape index (κ3) is 3.86. The molecular formula is C17H22FNO3S. The first kappa shape index (κ1) is 17.8. The molecule has 0 aliphatic carbocycles. The fourth-order valence-corrected chi connectivity index (χ4v) is 4.02. The number of carbonyl (C=O) groups is 2. The molecule has 1 fully saturated rings. The first-order valence-electron chi connectivity index (χ1n) is 7.82. The molecule has 1 amide bonds. The van der Waals surface area contributed by atoms with Gasteiger partial charge in [-0.3, -0.25) is 4.79 Å². The van der Waals surface area contributed by atoms with Crippen molar-refractivity contribution in [3.8, 4) is 0 Å². The lowest BCUT2D eigenvalue weighted by Crippen LogP contribution is -2.48. The highest BCUT2D eigenvalue weighted by molar-refractivity contribution is 8.00. The molecule has 0 bridgehead atoms. The minimum absolute atomic E-state index is 0.00561. The molecule has 0 radical (unpaired) electrons. The third-order valence-electron chi connectivity index (χ3n) is 3.66. The number of carbonyl (C=O) groups excluding carboxylic acids is 2. The quantitative estimate of drug-likeness (QED) is 0.772. The van der Waals surface area contributed by atoms with Crippen LogP contribution in [0.5, 0.6) is 0 Å². The van der Waals surface area contributed by atoms with E-state index in [0.717, 1.165) is 6.42 Å². The van der Waals surface area contributed by atoms with Crippen molar-refractivity contribution in [3.63, 3.8) is 0 Å². The highest BCUT2D eigenvalue weighted by Crippen LogP contribution is 2.35. The molecule has 1 heterocycles. The number of esters is 1. The van der Waals surface area contributed by atoms with Gasteiger partial charge in [0.15, 0.2) is 0 Å². The summed E-state index contributed by atoms with van der Waals surface area (Å²) in [5.74, 6) is -0.805. The van der Waals surface area contributed by atoms with Gasteiger partial charge in [0, 0.05) is 5.75 Å². The average molecular weight is 339 g/mol. The van der Waals surface area contributed by atoms with Gasteiger partial charge in [0.1, 0.15) is 11.9 Å². The maximum Gasteiger partial charge on any atom is 0.329 e. The zero-order valence-electron chi connectivity index (χ0n) is 13.6. The van der Waals surface area contributed by atoms with Crippen LogP contribution in [-0.2, 0) is 9.53 Å². The largest absolute Gasteiger partial charge is 0.464 e. The molecule has 1 aliphatic heterocycles. The number of ether oxygens (including phenoxy) is 1. The Morgan fingerprint density at radius 3 is 2.70 bits per heavy atom. The maximum absolute atomic E-state index is 14.0. The first-order valence-corrected chi connectivity index (χ1v) is 8.87. The Morgan fingerprint density at radius 1 is 1.39 bits per heavy atom.